The zero-order valence-electron chi connectivity index (χ0n) is 11.8. The topological polar surface area (TPSA) is 54.1 Å². The van der Waals surface area contributed by atoms with Gasteiger partial charge in [-0.15, -0.1) is 0 Å². The summed E-state index contributed by atoms with van der Waals surface area (Å²) in [5.41, 5.74) is 2.09. The maximum atomic E-state index is 12.0. The first-order chi connectivity index (χ1) is 8.92. The lowest BCUT2D eigenvalue weighted by Gasteiger charge is -2.22. The second kappa shape index (κ2) is 4.96. The number of para-hydroxylation sites is 1. The zero-order valence-corrected chi connectivity index (χ0v) is 11.8. The van der Waals surface area contributed by atoms with E-state index in [1.54, 1.807) is 6.92 Å². The van der Waals surface area contributed by atoms with Gasteiger partial charge < -0.3 is 15.0 Å². The second-order valence-electron chi connectivity index (χ2n) is 5.52. The summed E-state index contributed by atoms with van der Waals surface area (Å²) in [6, 6.07) is 7.84. The van der Waals surface area contributed by atoms with E-state index in [2.05, 4.69) is 31.1 Å². The van der Waals surface area contributed by atoms with E-state index >= 15 is 0 Å². The molecule has 0 amide bonds. The highest BCUT2D eigenvalue weighted by atomic mass is 16.5. The van der Waals surface area contributed by atoms with E-state index in [4.69, 9.17) is 4.74 Å². The number of benzene rings is 1. The molecule has 2 rings (SSSR count). The first kappa shape index (κ1) is 13.5. The third kappa shape index (κ3) is 2.89. The number of aromatic nitrogens is 1. The molecule has 4 nitrogen and oxygen atoms in total. The van der Waals surface area contributed by atoms with Crippen LogP contribution in [0, 0.1) is 0 Å². The number of ether oxygens (including phenoxy) is 1. The lowest BCUT2D eigenvalue weighted by Crippen LogP contribution is -2.27. The Morgan fingerprint density at radius 1 is 1.32 bits per heavy atom. The molecule has 0 atom stereocenters. The Balaban J connectivity index is 2.55. The van der Waals surface area contributed by atoms with Gasteiger partial charge in [0.25, 0.3) is 0 Å². The van der Waals surface area contributed by atoms with Gasteiger partial charge >= 0.3 is 5.97 Å². The van der Waals surface area contributed by atoms with Crippen molar-refractivity contribution in [2.75, 3.05) is 11.9 Å². The van der Waals surface area contributed by atoms with Crippen LogP contribution in [0.25, 0.3) is 10.9 Å². The van der Waals surface area contributed by atoms with Gasteiger partial charge in [0, 0.05) is 16.4 Å². The van der Waals surface area contributed by atoms with Crippen LogP contribution >= 0.6 is 0 Å². The van der Waals surface area contributed by atoms with Crippen LogP contribution in [0.5, 0.6) is 0 Å². The SMILES string of the molecule is CCOC(=O)c1[nH]c2ccccc2c1NC(C)(C)C. The maximum absolute atomic E-state index is 12.0. The Morgan fingerprint density at radius 2 is 2.00 bits per heavy atom. The lowest BCUT2D eigenvalue weighted by atomic mass is 10.1. The molecule has 1 aromatic carbocycles. The Morgan fingerprint density at radius 3 is 2.63 bits per heavy atom. The molecule has 19 heavy (non-hydrogen) atoms. The van der Waals surface area contributed by atoms with E-state index in [1.165, 1.54) is 0 Å². The van der Waals surface area contributed by atoms with E-state index in [-0.39, 0.29) is 11.5 Å². The number of hydrogen-bond donors (Lipinski definition) is 2. The summed E-state index contributed by atoms with van der Waals surface area (Å²) in [4.78, 5) is 15.2. The van der Waals surface area contributed by atoms with Gasteiger partial charge in [0.2, 0.25) is 0 Å². The van der Waals surface area contributed by atoms with Crippen LogP contribution in [0.3, 0.4) is 0 Å². The number of carbonyl (C=O) groups excluding carboxylic acids is 1. The van der Waals surface area contributed by atoms with Crippen molar-refractivity contribution >= 4 is 22.6 Å². The monoisotopic (exact) mass is 260 g/mol. The second-order valence-corrected chi connectivity index (χ2v) is 5.52. The van der Waals surface area contributed by atoms with Crippen molar-refractivity contribution in [3.63, 3.8) is 0 Å². The van der Waals surface area contributed by atoms with Gasteiger partial charge in [0.15, 0.2) is 0 Å². The molecular weight excluding hydrogens is 240 g/mol. The summed E-state index contributed by atoms with van der Waals surface area (Å²) in [5.74, 6) is -0.328. The molecule has 0 radical (unpaired) electrons. The number of nitrogens with one attached hydrogen (secondary N) is 2. The standard InChI is InChI=1S/C15H20N2O2/c1-5-19-14(18)13-12(17-15(2,3)4)10-8-6-7-9-11(10)16-13/h6-9,16-17H,5H2,1-4H3. The molecule has 0 aliphatic carbocycles. The average Bonchev–Trinajstić information content (AvgIpc) is 2.67. The third-order valence-corrected chi connectivity index (χ3v) is 2.69. The number of aromatic amines is 1. The highest BCUT2D eigenvalue weighted by molar-refractivity contribution is 6.06. The Kier molecular flexibility index (Phi) is 3.51. The zero-order chi connectivity index (χ0) is 14.0. The van der Waals surface area contributed by atoms with Crippen molar-refractivity contribution in [2.45, 2.75) is 33.2 Å². The quantitative estimate of drug-likeness (QED) is 0.830. The molecule has 0 saturated heterocycles. The van der Waals surface area contributed by atoms with Crippen molar-refractivity contribution < 1.29 is 9.53 Å². The van der Waals surface area contributed by atoms with Crippen molar-refractivity contribution in [3.05, 3.63) is 30.0 Å². The number of hydrogen-bond acceptors (Lipinski definition) is 3. The molecule has 102 valence electrons. The fraction of sp³-hybridized carbons (Fsp3) is 0.400. The van der Waals surface area contributed by atoms with Gasteiger partial charge in [-0.3, -0.25) is 0 Å². The molecule has 0 aliphatic heterocycles. The summed E-state index contributed by atoms with van der Waals surface area (Å²) in [5, 5.41) is 4.38. The minimum atomic E-state index is -0.328. The van der Waals surface area contributed by atoms with E-state index in [0.29, 0.717) is 12.3 Å². The average molecular weight is 260 g/mol. The van der Waals surface area contributed by atoms with Crippen molar-refractivity contribution in [2.24, 2.45) is 0 Å². The first-order valence-electron chi connectivity index (χ1n) is 6.48. The molecule has 1 aromatic heterocycles. The summed E-state index contributed by atoms with van der Waals surface area (Å²) in [6.07, 6.45) is 0. The Labute approximate surface area is 113 Å². The minimum Gasteiger partial charge on any atom is -0.461 e. The summed E-state index contributed by atoms with van der Waals surface area (Å²) >= 11 is 0. The predicted molar refractivity (Wildman–Crippen MR) is 77.6 cm³/mol. The van der Waals surface area contributed by atoms with Crippen molar-refractivity contribution in [3.8, 4) is 0 Å². The van der Waals surface area contributed by atoms with E-state index < -0.39 is 0 Å². The normalized spacial score (nSPS) is 11.6. The summed E-state index contributed by atoms with van der Waals surface area (Å²) in [7, 11) is 0. The predicted octanol–water partition coefficient (Wildman–Crippen LogP) is 3.56. The van der Waals surface area contributed by atoms with E-state index in [1.807, 2.05) is 24.3 Å². The van der Waals surface area contributed by atoms with Gasteiger partial charge in [-0.1, -0.05) is 18.2 Å². The molecule has 0 aliphatic rings. The van der Waals surface area contributed by atoms with Crippen LogP contribution in [0.1, 0.15) is 38.2 Å². The van der Waals surface area contributed by atoms with Crippen LogP contribution in [-0.2, 0) is 4.74 Å². The minimum absolute atomic E-state index is 0.133. The fourth-order valence-corrected chi connectivity index (χ4v) is 2.00. The van der Waals surface area contributed by atoms with Crippen molar-refractivity contribution in [1.82, 2.24) is 4.98 Å². The van der Waals surface area contributed by atoms with E-state index in [9.17, 15) is 4.79 Å². The van der Waals surface area contributed by atoms with Gasteiger partial charge in [0.05, 0.1) is 12.3 Å². The largest absolute Gasteiger partial charge is 0.461 e. The molecular formula is C15H20N2O2. The van der Waals surface area contributed by atoms with Crippen LogP contribution < -0.4 is 5.32 Å². The summed E-state index contributed by atoms with van der Waals surface area (Å²) in [6.45, 7) is 8.34. The first-order valence-corrected chi connectivity index (χ1v) is 6.48. The van der Waals surface area contributed by atoms with Crippen LogP contribution in [0.2, 0.25) is 0 Å². The summed E-state index contributed by atoms with van der Waals surface area (Å²) < 4.78 is 5.10. The van der Waals surface area contributed by atoms with Crippen LogP contribution in [-0.4, -0.2) is 23.1 Å². The van der Waals surface area contributed by atoms with Crippen LogP contribution in [0.4, 0.5) is 5.69 Å². The number of carbonyl (C=O) groups is 1. The van der Waals surface area contributed by atoms with Gasteiger partial charge in [-0.2, -0.15) is 0 Å². The molecule has 4 heteroatoms. The van der Waals surface area contributed by atoms with Gasteiger partial charge in [-0.05, 0) is 33.8 Å². The molecule has 2 N–H and O–H groups in total. The molecule has 2 aromatic rings. The lowest BCUT2D eigenvalue weighted by molar-refractivity contribution is 0.0521. The third-order valence-electron chi connectivity index (χ3n) is 2.69. The smallest absolute Gasteiger partial charge is 0.356 e. The van der Waals surface area contributed by atoms with Crippen LogP contribution in [0.15, 0.2) is 24.3 Å². The van der Waals surface area contributed by atoms with Gasteiger partial charge in [0.1, 0.15) is 5.69 Å². The molecule has 0 fully saturated rings. The van der Waals surface area contributed by atoms with Gasteiger partial charge in [-0.25, -0.2) is 4.79 Å². The Bertz CT molecular complexity index is 594. The number of esters is 1. The number of rotatable bonds is 3. The fourth-order valence-electron chi connectivity index (χ4n) is 2.00. The van der Waals surface area contributed by atoms with Crippen molar-refractivity contribution in [1.29, 1.82) is 0 Å². The number of H-pyrrole nitrogens is 1. The maximum Gasteiger partial charge on any atom is 0.356 e. The highest BCUT2D eigenvalue weighted by Crippen LogP contribution is 2.30. The number of fused-ring (bicyclic) bond motifs is 1. The molecule has 0 bridgehead atoms. The molecule has 0 spiro atoms. The highest BCUT2D eigenvalue weighted by Gasteiger charge is 2.22. The molecule has 1 heterocycles. The molecule has 0 unspecified atom stereocenters. The van der Waals surface area contributed by atoms with E-state index in [0.717, 1.165) is 16.6 Å². The number of anilines is 1. The Hall–Kier alpha value is -1.97. The molecule has 0 saturated carbocycles.